The van der Waals surface area contributed by atoms with Crippen LogP contribution in [0.15, 0.2) is 29.3 Å². The van der Waals surface area contributed by atoms with E-state index in [-0.39, 0.29) is 30.0 Å². The van der Waals surface area contributed by atoms with Gasteiger partial charge >= 0.3 is 0 Å². The minimum absolute atomic E-state index is 0. The number of fused-ring (bicyclic) bond motifs is 1. The fraction of sp³-hybridized carbons (Fsp3) is 0.588. The zero-order valence-corrected chi connectivity index (χ0v) is 16.5. The van der Waals surface area contributed by atoms with E-state index in [0.717, 1.165) is 24.9 Å². The van der Waals surface area contributed by atoms with E-state index in [1.165, 1.54) is 5.56 Å². The van der Waals surface area contributed by atoms with Gasteiger partial charge in [0.1, 0.15) is 5.60 Å². The number of nitrogens with one attached hydrogen (secondary N) is 2. The number of hydrogen-bond donors (Lipinski definition) is 3. The number of ether oxygens (including phenoxy) is 1. The molecule has 2 unspecified atom stereocenters. The van der Waals surface area contributed by atoms with Crippen LogP contribution in [0.4, 0.5) is 0 Å². The third kappa shape index (κ3) is 5.32. The Hall–Kier alpha value is -0.860. The first-order valence-electron chi connectivity index (χ1n) is 7.93. The minimum Gasteiger partial charge on any atom is -0.383 e. The third-order valence-corrected chi connectivity index (χ3v) is 3.97. The van der Waals surface area contributed by atoms with Crippen molar-refractivity contribution in [2.24, 2.45) is 4.99 Å². The van der Waals surface area contributed by atoms with Crippen molar-refractivity contribution in [3.63, 3.8) is 0 Å². The largest absolute Gasteiger partial charge is 0.383 e. The molecule has 0 spiro atoms. The molecule has 0 aromatic heterocycles. The lowest BCUT2D eigenvalue weighted by Crippen LogP contribution is -2.44. The van der Waals surface area contributed by atoms with Crippen molar-refractivity contribution in [3.05, 3.63) is 35.4 Å². The average molecular weight is 433 g/mol. The zero-order valence-electron chi connectivity index (χ0n) is 14.1. The second-order valence-corrected chi connectivity index (χ2v) is 5.88. The van der Waals surface area contributed by atoms with Crippen LogP contribution in [0.1, 0.15) is 31.4 Å². The third-order valence-electron chi connectivity index (χ3n) is 3.97. The van der Waals surface area contributed by atoms with Crippen molar-refractivity contribution in [1.29, 1.82) is 0 Å². The van der Waals surface area contributed by atoms with E-state index in [9.17, 15) is 5.11 Å². The Morgan fingerprint density at radius 1 is 1.43 bits per heavy atom. The van der Waals surface area contributed by atoms with E-state index < -0.39 is 5.60 Å². The summed E-state index contributed by atoms with van der Waals surface area (Å²) in [5.41, 5.74) is 1.38. The van der Waals surface area contributed by atoms with Gasteiger partial charge in [0.15, 0.2) is 5.96 Å². The number of rotatable bonds is 6. The molecule has 0 saturated carbocycles. The summed E-state index contributed by atoms with van der Waals surface area (Å²) < 4.78 is 5.13. The SMILES string of the molecule is CCNC(=NCC1(O)CCc2ccccc21)NC(C)COC.I. The number of aliphatic imine (C=N–C) groups is 1. The molecule has 2 atom stereocenters. The predicted octanol–water partition coefficient (Wildman–Crippen LogP) is 2.03. The first-order chi connectivity index (χ1) is 10.6. The molecule has 5 nitrogen and oxygen atoms in total. The summed E-state index contributed by atoms with van der Waals surface area (Å²) in [5, 5.41) is 17.4. The van der Waals surface area contributed by atoms with Gasteiger partial charge in [-0.05, 0) is 37.8 Å². The van der Waals surface area contributed by atoms with E-state index in [0.29, 0.717) is 19.1 Å². The summed E-state index contributed by atoms with van der Waals surface area (Å²) in [4.78, 5) is 4.58. The van der Waals surface area contributed by atoms with Crippen molar-refractivity contribution >= 4 is 29.9 Å². The quantitative estimate of drug-likeness (QED) is 0.365. The molecule has 0 bridgehead atoms. The van der Waals surface area contributed by atoms with Gasteiger partial charge < -0.3 is 20.5 Å². The number of benzene rings is 1. The molecule has 0 amide bonds. The van der Waals surface area contributed by atoms with Crippen LogP contribution in [0.5, 0.6) is 0 Å². The second-order valence-electron chi connectivity index (χ2n) is 5.88. The number of methoxy groups -OCH3 is 1. The molecule has 0 heterocycles. The smallest absolute Gasteiger partial charge is 0.191 e. The Morgan fingerprint density at radius 2 is 2.17 bits per heavy atom. The van der Waals surface area contributed by atoms with Crippen LogP contribution >= 0.6 is 24.0 Å². The van der Waals surface area contributed by atoms with E-state index in [1.54, 1.807) is 7.11 Å². The summed E-state index contributed by atoms with van der Waals surface area (Å²) >= 11 is 0. The highest BCUT2D eigenvalue weighted by atomic mass is 127. The van der Waals surface area contributed by atoms with Crippen LogP contribution in [0.3, 0.4) is 0 Å². The minimum atomic E-state index is -0.858. The fourth-order valence-corrected chi connectivity index (χ4v) is 2.89. The molecular weight excluding hydrogens is 405 g/mol. The molecular formula is C17H28IN3O2. The zero-order chi connectivity index (χ0) is 16.0. The average Bonchev–Trinajstić information content (AvgIpc) is 2.84. The molecule has 0 radical (unpaired) electrons. The number of nitrogens with zero attached hydrogens (tertiary/aromatic N) is 1. The van der Waals surface area contributed by atoms with Crippen LogP contribution in [0, 0.1) is 0 Å². The van der Waals surface area contributed by atoms with Gasteiger partial charge in [-0.3, -0.25) is 0 Å². The van der Waals surface area contributed by atoms with Crippen LogP contribution in [-0.2, 0) is 16.8 Å². The van der Waals surface area contributed by atoms with Crippen molar-refractivity contribution in [1.82, 2.24) is 10.6 Å². The maximum atomic E-state index is 10.9. The van der Waals surface area contributed by atoms with E-state index in [4.69, 9.17) is 4.74 Å². The summed E-state index contributed by atoms with van der Waals surface area (Å²) in [6, 6.07) is 8.25. The monoisotopic (exact) mass is 433 g/mol. The molecule has 0 aliphatic heterocycles. The molecule has 3 N–H and O–H groups in total. The van der Waals surface area contributed by atoms with Gasteiger partial charge in [-0.1, -0.05) is 24.3 Å². The van der Waals surface area contributed by atoms with Gasteiger partial charge in [0.2, 0.25) is 0 Å². The summed E-state index contributed by atoms with van der Waals surface area (Å²) in [6.07, 6.45) is 1.63. The van der Waals surface area contributed by atoms with Gasteiger partial charge in [0, 0.05) is 19.7 Å². The molecule has 0 fully saturated rings. The molecule has 2 rings (SSSR count). The normalized spacial score (nSPS) is 21.3. The van der Waals surface area contributed by atoms with Crippen molar-refractivity contribution in [2.75, 3.05) is 26.8 Å². The number of aliphatic hydroxyl groups is 1. The molecule has 1 aliphatic carbocycles. The van der Waals surface area contributed by atoms with E-state index in [1.807, 2.05) is 32.0 Å². The first kappa shape index (κ1) is 20.2. The summed E-state index contributed by atoms with van der Waals surface area (Å²) in [5.74, 6) is 0.713. The summed E-state index contributed by atoms with van der Waals surface area (Å²) in [7, 11) is 1.68. The number of hydrogen-bond acceptors (Lipinski definition) is 3. The molecule has 130 valence electrons. The molecule has 1 aromatic rings. The number of halogens is 1. The van der Waals surface area contributed by atoms with Gasteiger partial charge in [-0.2, -0.15) is 0 Å². The van der Waals surface area contributed by atoms with Gasteiger partial charge in [0.05, 0.1) is 13.2 Å². The lowest BCUT2D eigenvalue weighted by Gasteiger charge is -2.23. The molecule has 23 heavy (non-hydrogen) atoms. The number of aryl methyl sites for hydroxylation is 1. The van der Waals surface area contributed by atoms with E-state index >= 15 is 0 Å². The Kier molecular flexibility index (Phi) is 8.28. The lowest BCUT2D eigenvalue weighted by atomic mass is 9.96. The molecule has 0 saturated heterocycles. The van der Waals surface area contributed by atoms with Crippen LogP contribution < -0.4 is 10.6 Å². The topological polar surface area (TPSA) is 65.9 Å². The first-order valence-corrected chi connectivity index (χ1v) is 7.93. The standard InChI is InChI=1S/C17H27N3O2.HI/c1-4-18-16(20-13(2)11-22-3)19-12-17(21)10-9-14-7-5-6-8-15(14)17;/h5-8,13,21H,4,9-12H2,1-3H3,(H2,18,19,20);1H. The van der Waals surface area contributed by atoms with Crippen molar-refractivity contribution in [2.45, 2.75) is 38.3 Å². The Bertz CT molecular complexity index is 524. The maximum Gasteiger partial charge on any atom is 0.191 e. The Balaban J connectivity index is 0.00000264. The predicted molar refractivity (Wildman–Crippen MR) is 105 cm³/mol. The van der Waals surface area contributed by atoms with Crippen LogP contribution in [0.2, 0.25) is 0 Å². The van der Waals surface area contributed by atoms with Crippen LogP contribution in [-0.4, -0.2) is 43.9 Å². The highest BCUT2D eigenvalue weighted by Crippen LogP contribution is 2.36. The van der Waals surface area contributed by atoms with Crippen LogP contribution in [0.25, 0.3) is 0 Å². The van der Waals surface area contributed by atoms with Gasteiger partial charge in [-0.15, -0.1) is 24.0 Å². The highest BCUT2D eigenvalue weighted by Gasteiger charge is 2.36. The number of guanidine groups is 1. The molecule has 1 aliphatic rings. The van der Waals surface area contributed by atoms with Crippen molar-refractivity contribution in [3.8, 4) is 0 Å². The van der Waals surface area contributed by atoms with Gasteiger partial charge in [0.25, 0.3) is 0 Å². The fourth-order valence-electron chi connectivity index (χ4n) is 2.89. The summed E-state index contributed by atoms with van der Waals surface area (Å²) in [6.45, 7) is 5.81. The Labute approximate surface area is 155 Å². The Morgan fingerprint density at radius 3 is 2.87 bits per heavy atom. The van der Waals surface area contributed by atoms with Gasteiger partial charge in [-0.25, -0.2) is 4.99 Å². The van der Waals surface area contributed by atoms with E-state index in [2.05, 4.69) is 21.7 Å². The van der Waals surface area contributed by atoms with Crippen molar-refractivity contribution < 1.29 is 9.84 Å². The molecule has 6 heteroatoms. The molecule has 1 aromatic carbocycles. The lowest BCUT2D eigenvalue weighted by molar-refractivity contribution is 0.0485. The second kappa shape index (κ2) is 9.44. The highest BCUT2D eigenvalue weighted by molar-refractivity contribution is 14.0. The maximum absolute atomic E-state index is 10.9.